The lowest BCUT2D eigenvalue weighted by atomic mass is 10.2. The first-order valence-electron chi connectivity index (χ1n) is 8.01. The van der Waals surface area contributed by atoms with E-state index in [1.54, 1.807) is 0 Å². The van der Waals surface area contributed by atoms with Crippen LogP contribution in [0.2, 0.25) is 0 Å². The number of oxazole rings is 1. The number of nitrogens with zero attached hydrogens (tertiary/aromatic N) is 5. The summed E-state index contributed by atoms with van der Waals surface area (Å²) < 4.78 is 7.98. The predicted octanol–water partition coefficient (Wildman–Crippen LogP) is 2.27. The summed E-state index contributed by atoms with van der Waals surface area (Å²) in [6, 6.07) is 9.08. The third-order valence-electron chi connectivity index (χ3n) is 4.58. The largest absolute Gasteiger partial charge is 0.423 e. The lowest BCUT2D eigenvalue weighted by molar-refractivity contribution is 0.172. The standard InChI is InChI=1S/C17H21N5O/c1-13-11-22(17-19-14-5-3-4-6-15(14)23-17)10-9-21(13)12-16-18-7-8-20(16)2/h3-8,13H,9-12H2,1-2H3. The van der Waals surface area contributed by atoms with Crippen molar-refractivity contribution >= 4 is 17.1 Å². The van der Waals surface area contributed by atoms with Crippen molar-refractivity contribution in [3.05, 3.63) is 42.5 Å². The number of para-hydroxylation sites is 2. The van der Waals surface area contributed by atoms with E-state index in [0.717, 1.165) is 49.1 Å². The monoisotopic (exact) mass is 311 g/mol. The minimum Gasteiger partial charge on any atom is -0.423 e. The fourth-order valence-electron chi connectivity index (χ4n) is 3.13. The maximum Gasteiger partial charge on any atom is 0.298 e. The van der Waals surface area contributed by atoms with Crippen LogP contribution in [0.4, 0.5) is 6.01 Å². The SMILES string of the molecule is CC1CN(c2nc3ccccc3o2)CCN1Cc1nccn1C. The van der Waals surface area contributed by atoms with Crippen molar-refractivity contribution < 1.29 is 4.42 Å². The van der Waals surface area contributed by atoms with Crippen LogP contribution in [0, 0.1) is 0 Å². The second-order valence-electron chi connectivity index (χ2n) is 6.18. The van der Waals surface area contributed by atoms with Crippen LogP contribution in [0.5, 0.6) is 0 Å². The molecule has 1 unspecified atom stereocenters. The Hall–Kier alpha value is -2.34. The molecular weight excluding hydrogens is 290 g/mol. The Kier molecular flexibility index (Phi) is 3.53. The maximum atomic E-state index is 5.90. The minimum atomic E-state index is 0.426. The molecule has 1 aromatic carbocycles. The van der Waals surface area contributed by atoms with Crippen LogP contribution in [-0.4, -0.2) is 45.1 Å². The van der Waals surface area contributed by atoms with Gasteiger partial charge in [-0.2, -0.15) is 4.98 Å². The molecule has 1 atom stereocenters. The average molecular weight is 311 g/mol. The number of hydrogen-bond acceptors (Lipinski definition) is 5. The van der Waals surface area contributed by atoms with Crippen LogP contribution in [0.1, 0.15) is 12.7 Å². The van der Waals surface area contributed by atoms with E-state index in [4.69, 9.17) is 4.42 Å². The molecule has 0 N–H and O–H groups in total. The second kappa shape index (κ2) is 5.70. The number of rotatable bonds is 3. The Morgan fingerprint density at radius 3 is 2.87 bits per heavy atom. The van der Waals surface area contributed by atoms with Crippen LogP contribution in [0.25, 0.3) is 11.1 Å². The van der Waals surface area contributed by atoms with E-state index in [0.29, 0.717) is 6.04 Å². The van der Waals surface area contributed by atoms with Crippen molar-refractivity contribution in [2.24, 2.45) is 7.05 Å². The van der Waals surface area contributed by atoms with Gasteiger partial charge in [-0.15, -0.1) is 0 Å². The first-order chi connectivity index (χ1) is 11.2. The third-order valence-corrected chi connectivity index (χ3v) is 4.58. The normalized spacial score (nSPS) is 19.6. The Bertz CT molecular complexity index is 775. The van der Waals surface area contributed by atoms with E-state index in [1.807, 2.05) is 43.7 Å². The molecule has 1 saturated heterocycles. The zero-order chi connectivity index (χ0) is 15.8. The average Bonchev–Trinajstić information content (AvgIpc) is 3.15. The van der Waals surface area contributed by atoms with E-state index >= 15 is 0 Å². The summed E-state index contributed by atoms with van der Waals surface area (Å²) in [5.74, 6) is 1.10. The van der Waals surface area contributed by atoms with Crippen molar-refractivity contribution in [1.29, 1.82) is 0 Å². The Morgan fingerprint density at radius 2 is 2.13 bits per heavy atom. The Balaban J connectivity index is 1.47. The van der Waals surface area contributed by atoms with Gasteiger partial charge in [0.05, 0.1) is 6.54 Å². The molecule has 4 rings (SSSR count). The van der Waals surface area contributed by atoms with Gasteiger partial charge in [0.2, 0.25) is 0 Å². The van der Waals surface area contributed by atoms with E-state index < -0.39 is 0 Å². The van der Waals surface area contributed by atoms with Gasteiger partial charge in [-0.1, -0.05) is 12.1 Å². The van der Waals surface area contributed by atoms with Crippen LogP contribution >= 0.6 is 0 Å². The fourth-order valence-corrected chi connectivity index (χ4v) is 3.13. The van der Waals surface area contributed by atoms with Gasteiger partial charge in [-0.25, -0.2) is 4.98 Å². The highest BCUT2D eigenvalue weighted by molar-refractivity contribution is 5.74. The number of anilines is 1. The molecule has 1 aliphatic rings. The number of imidazole rings is 1. The van der Waals surface area contributed by atoms with Gasteiger partial charge < -0.3 is 13.9 Å². The number of benzene rings is 1. The molecule has 0 spiro atoms. The van der Waals surface area contributed by atoms with E-state index in [2.05, 4.69) is 31.3 Å². The molecule has 1 aliphatic heterocycles. The van der Waals surface area contributed by atoms with Gasteiger partial charge in [0.25, 0.3) is 6.01 Å². The first-order valence-corrected chi connectivity index (χ1v) is 8.01. The summed E-state index contributed by atoms with van der Waals surface area (Å²) in [6.45, 7) is 5.94. The lowest BCUT2D eigenvalue weighted by Gasteiger charge is -2.38. The maximum absolute atomic E-state index is 5.90. The lowest BCUT2D eigenvalue weighted by Crippen LogP contribution is -2.51. The number of hydrogen-bond donors (Lipinski definition) is 0. The number of fused-ring (bicyclic) bond motifs is 1. The number of aromatic nitrogens is 3. The molecule has 6 heteroatoms. The van der Waals surface area contributed by atoms with Crippen molar-refractivity contribution in [3.8, 4) is 0 Å². The molecule has 0 aliphatic carbocycles. The summed E-state index contributed by atoms with van der Waals surface area (Å²) in [4.78, 5) is 13.7. The Labute approximate surface area is 135 Å². The molecule has 0 amide bonds. The zero-order valence-electron chi connectivity index (χ0n) is 13.5. The van der Waals surface area contributed by atoms with Crippen molar-refractivity contribution in [3.63, 3.8) is 0 Å². The van der Waals surface area contributed by atoms with E-state index in [1.165, 1.54) is 0 Å². The summed E-state index contributed by atoms with van der Waals surface area (Å²) in [5.41, 5.74) is 1.77. The Morgan fingerprint density at radius 1 is 1.26 bits per heavy atom. The highest BCUT2D eigenvalue weighted by Gasteiger charge is 2.27. The highest BCUT2D eigenvalue weighted by atomic mass is 16.4. The molecule has 3 heterocycles. The molecule has 0 radical (unpaired) electrons. The van der Waals surface area contributed by atoms with Gasteiger partial charge in [-0.3, -0.25) is 4.90 Å². The first kappa shape index (κ1) is 14.3. The summed E-state index contributed by atoms with van der Waals surface area (Å²) in [7, 11) is 2.04. The fraction of sp³-hybridized carbons (Fsp3) is 0.412. The third kappa shape index (κ3) is 2.70. The van der Waals surface area contributed by atoms with Crippen molar-refractivity contribution in [2.75, 3.05) is 24.5 Å². The molecule has 6 nitrogen and oxygen atoms in total. The zero-order valence-corrected chi connectivity index (χ0v) is 13.5. The van der Waals surface area contributed by atoms with Gasteiger partial charge in [-0.05, 0) is 19.1 Å². The molecule has 120 valence electrons. The summed E-state index contributed by atoms with van der Waals surface area (Å²) in [6.07, 6.45) is 3.85. The van der Waals surface area contributed by atoms with E-state index in [9.17, 15) is 0 Å². The van der Waals surface area contributed by atoms with Gasteiger partial charge in [0.15, 0.2) is 5.58 Å². The second-order valence-corrected chi connectivity index (χ2v) is 6.18. The van der Waals surface area contributed by atoms with Crippen molar-refractivity contribution in [1.82, 2.24) is 19.4 Å². The van der Waals surface area contributed by atoms with Crippen LogP contribution in [0.3, 0.4) is 0 Å². The topological polar surface area (TPSA) is 50.3 Å². The number of aryl methyl sites for hydroxylation is 1. The molecule has 0 bridgehead atoms. The van der Waals surface area contributed by atoms with Gasteiger partial charge >= 0.3 is 0 Å². The molecule has 0 saturated carbocycles. The van der Waals surface area contributed by atoms with Gasteiger partial charge in [0.1, 0.15) is 11.3 Å². The van der Waals surface area contributed by atoms with E-state index in [-0.39, 0.29) is 0 Å². The number of piperazine rings is 1. The smallest absolute Gasteiger partial charge is 0.298 e. The van der Waals surface area contributed by atoms with Crippen molar-refractivity contribution in [2.45, 2.75) is 19.5 Å². The molecule has 2 aromatic heterocycles. The van der Waals surface area contributed by atoms with Gasteiger partial charge in [0, 0.05) is 45.1 Å². The summed E-state index contributed by atoms with van der Waals surface area (Å²) >= 11 is 0. The summed E-state index contributed by atoms with van der Waals surface area (Å²) in [5, 5.41) is 0. The molecule has 3 aromatic rings. The van der Waals surface area contributed by atoms with Crippen LogP contribution < -0.4 is 4.90 Å². The molecule has 1 fully saturated rings. The quantitative estimate of drug-likeness (QED) is 0.743. The molecule has 23 heavy (non-hydrogen) atoms. The molecular formula is C17H21N5O. The minimum absolute atomic E-state index is 0.426. The van der Waals surface area contributed by atoms with Crippen LogP contribution in [-0.2, 0) is 13.6 Å². The highest BCUT2D eigenvalue weighted by Crippen LogP contribution is 2.24. The predicted molar refractivity (Wildman–Crippen MR) is 89.3 cm³/mol. The van der Waals surface area contributed by atoms with Crippen LogP contribution in [0.15, 0.2) is 41.1 Å².